The van der Waals surface area contributed by atoms with Gasteiger partial charge < -0.3 is 14.8 Å². The Bertz CT molecular complexity index is 974. The third kappa shape index (κ3) is 3.65. The van der Waals surface area contributed by atoms with Crippen molar-refractivity contribution in [2.75, 3.05) is 20.9 Å². The molecular formula is C19H20N6O3. The van der Waals surface area contributed by atoms with Crippen LogP contribution in [0.15, 0.2) is 42.5 Å². The number of carbonyl (C=O) groups excluding carboxylic acids is 1. The predicted molar refractivity (Wildman–Crippen MR) is 100 cm³/mol. The van der Waals surface area contributed by atoms with Gasteiger partial charge in [-0.3, -0.25) is 9.69 Å². The number of nitrogens with zero attached hydrogens (tertiary/aromatic N) is 4. The average molecular weight is 380 g/mol. The summed E-state index contributed by atoms with van der Waals surface area (Å²) in [6.45, 7) is 0.591. The van der Waals surface area contributed by atoms with Crippen molar-refractivity contribution in [3.05, 3.63) is 53.6 Å². The van der Waals surface area contributed by atoms with Crippen LogP contribution in [0.2, 0.25) is 0 Å². The Morgan fingerprint density at radius 2 is 2.07 bits per heavy atom. The lowest BCUT2D eigenvalue weighted by Crippen LogP contribution is -2.36. The normalized spacial score (nSPS) is 13.5. The average Bonchev–Trinajstić information content (AvgIpc) is 3.38. The van der Waals surface area contributed by atoms with Crippen LogP contribution in [0.25, 0.3) is 11.4 Å². The van der Waals surface area contributed by atoms with Crippen LogP contribution >= 0.6 is 0 Å². The molecule has 0 saturated heterocycles. The largest absolute Gasteiger partial charge is 0.454 e. The van der Waals surface area contributed by atoms with Crippen LogP contribution in [0, 0.1) is 0 Å². The zero-order valence-electron chi connectivity index (χ0n) is 15.5. The summed E-state index contributed by atoms with van der Waals surface area (Å²) in [5.74, 6) is 1.76. The molecule has 1 aliphatic heterocycles. The number of tetrazole rings is 1. The minimum Gasteiger partial charge on any atom is -0.454 e. The van der Waals surface area contributed by atoms with Crippen LogP contribution in [0.4, 0.5) is 0 Å². The number of amides is 1. The fourth-order valence-corrected chi connectivity index (χ4v) is 3.16. The summed E-state index contributed by atoms with van der Waals surface area (Å²) in [6.07, 6.45) is 0. The van der Waals surface area contributed by atoms with Crippen molar-refractivity contribution >= 4 is 5.91 Å². The zero-order valence-corrected chi connectivity index (χ0v) is 15.5. The van der Waals surface area contributed by atoms with Gasteiger partial charge in [-0.15, -0.1) is 10.2 Å². The molecule has 9 heteroatoms. The van der Waals surface area contributed by atoms with E-state index >= 15 is 0 Å². The first kappa shape index (κ1) is 17.9. The summed E-state index contributed by atoms with van der Waals surface area (Å²) < 4.78 is 10.8. The van der Waals surface area contributed by atoms with Crippen LogP contribution in [-0.2, 0) is 11.3 Å². The van der Waals surface area contributed by atoms with Crippen molar-refractivity contribution in [2.45, 2.75) is 12.6 Å². The van der Waals surface area contributed by atoms with Crippen molar-refractivity contribution in [1.29, 1.82) is 0 Å². The number of ether oxygens (including phenoxy) is 2. The second-order valence-corrected chi connectivity index (χ2v) is 6.63. The van der Waals surface area contributed by atoms with Crippen molar-refractivity contribution < 1.29 is 14.3 Å². The molecule has 2 heterocycles. The lowest BCUT2D eigenvalue weighted by molar-refractivity contribution is -0.125. The zero-order chi connectivity index (χ0) is 19.5. The summed E-state index contributed by atoms with van der Waals surface area (Å²) >= 11 is 0. The smallest absolute Gasteiger partial charge is 0.242 e. The highest BCUT2D eigenvalue weighted by atomic mass is 16.7. The van der Waals surface area contributed by atoms with E-state index in [1.807, 2.05) is 61.5 Å². The number of benzene rings is 2. The molecular weight excluding hydrogens is 360 g/mol. The van der Waals surface area contributed by atoms with E-state index in [1.165, 1.54) is 0 Å². The third-order valence-corrected chi connectivity index (χ3v) is 4.47. The molecule has 1 amide bonds. The summed E-state index contributed by atoms with van der Waals surface area (Å²) in [4.78, 5) is 14.8. The second kappa shape index (κ2) is 7.65. The number of fused-ring (bicyclic) bond motifs is 1. The summed E-state index contributed by atoms with van der Waals surface area (Å²) in [5, 5.41) is 17.0. The van der Waals surface area contributed by atoms with Gasteiger partial charge in [0.05, 0.1) is 0 Å². The van der Waals surface area contributed by atoms with Gasteiger partial charge in [-0.1, -0.05) is 24.3 Å². The van der Waals surface area contributed by atoms with Gasteiger partial charge in [0.25, 0.3) is 0 Å². The van der Waals surface area contributed by atoms with E-state index < -0.39 is 6.04 Å². The number of aromatic amines is 1. The molecule has 9 nitrogen and oxygen atoms in total. The van der Waals surface area contributed by atoms with Gasteiger partial charge in [0, 0.05) is 12.1 Å². The molecule has 1 unspecified atom stereocenters. The first-order valence-corrected chi connectivity index (χ1v) is 8.78. The van der Waals surface area contributed by atoms with E-state index in [9.17, 15) is 4.79 Å². The Morgan fingerprint density at radius 3 is 2.86 bits per heavy atom. The maximum absolute atomic E-state index is 12.9. The molecule has 0 radical (unpaired) electrons. The van der Waals surface area contributed by atoms with Crippen LogP contribution < -0.4 is 14.8 Å². The van der Waals surface area contributed by atoms with Crippen molar-refractivity contribution in [3.63, 3.8) is 0 Å². The van der Waals surface area contributed by atoms with Crippen LogP contribution in [-0.4, -0.2) is 52.3 Å². The standard InChI is InChI=1S/C19H20N6O3/c1-25(2)17(13-6-7-15-16(9-13)28-11-27-15)19(26)20-10-12-4-3-5-14(8-12)18-21-23-24-22-18/h3-9,17H,10-11H2,1-2H3,(H,20,26)(H,21,22,23,24). The minimum absolute atomic E-state index is 0.103. The summed E-state index contributed by atoms with van der Waals surface area (Å²) in [6, 6.07) is 12.8. The van der Waals surface area contributed by atoms with E-state index in [4.69, 9.17) is 9.47 Å². The highest BCUT2D eigenvalue weighted by molar-refractivity contribution is 5.83. The Kier molecular flexibility index (Phi) is 4.90. The van der Waals surface area contributed by atoms with E-state index in [-0.39, 0.29) is 12.7 Å². The van der Waals surface area contributed by atoms with Gasteiger partial charge in [0.15, 0.2) is 11.5 Å². The number of H-pyrrole nitrogens is 1. The maximum atomic E-state index is 12.9. The number of nitrogens with one attached hydrogen (secondary N) is 2. The van der Waals surface area contributed by atoms with Crippen LogP contribution in [0.5, 0.6) is 11.5 Å². The van der Waals surface area contributed by atoms with Crippen LogP contribution in [0.1, 0.15) is 17.2 Å². The molecule has 4 rings (SSSR count). The molecule has 2 N–H and O–H groups in total. The molecule has 1 aliphatic rings. The maximum Gasteiger partial charge on any atom is 0.242 e. The van der Waals surface area contributed by atoms with Gasteiger partial charge in [-0.25, -0.2) is 0 Å². The van der Waals surface area contributed by atoms with Gasteiger partial charge in [-0.2, -0.15) is 5.21 Å². The number of rotatable bonds is 6. The highest BCUT2D eigenvalue weighted by Crippen LogP contribution is 2.35. The predicted octanol–water partition coefficient (Wildman–Crippen LogP) is 1.51. The van der Waals surface area contributed by atoms with E-state index in [1.54, 1.807) is 0 Å². The van der Waals surface area contributed by atoms with Gasteiger partial charge in [-0.05, 0) is 48.6 Å². The van der Waals surface area contributed by atoms with Gasteiger partial charge >= 0.3 is 0 Å². The Labute approximate surface area is 161 Å². The fourth-order valence-electron chi connectivity index (χ4n) is 3.16. The molecule has 0 fully saturated rings. The molecule has 144 valence electrons. The second-order valence-electron chi connectivity index (χ2n) is 6.63. The number of aromatic nitrogens is 4. The minimum atomic E-state index is -0.449. The van der Waals surface area contributed by atoms with E-state index in [2.05, 4.69) is 25.9 Å². The van der Waals surface area contributed by atoms with Crippen molar-refractivity contribution in [3.8, 4) is 22.9 Å². The molecule has 1 aromatic heterocycles. The fraction of sp³-hybridized carbons (Fsp3) is 0.263. The van der Waals surface area contributed by atoms with Crippen molar-refractivity contribution in [2.24, 2.45) is 0 Å². The SMILES string of the molecule is CN(C)C(C(=O)NCc1cccc(-c2nn[nH]n2)c1)c1ccc2c(c1)OCO2. The van der Waals surface area contributed by atoms with E-state index in [0.717, 1.165) is 16.7 Å². The highest BCUT2D eigenvalue weighted by Gasteiger charge is 2.25. The van der Waals surface area contributed by atoms with E-state index in [0.29, 0.717) is 23.9 Å². The lowest BCUT2D eigenvalue weighted by atomic mass is 10.0. The Morgan fingerprint density at radius 1 is 1.21 bits per heavy atom. The molecule has 0 aliphatic carbocycles. The molecule has 0 spiro atoms. The molecule has 28 heavy (non-hydrogen) atoms. The molecule has 2 aromatic carbocycles. The monoisotopic (exact) mass is 380 g/mol. The number of hydrogen-bond donors (Lipinski definition) is 2. The summed E-state index contributed by atoms with van der Waals surface area (Å²) in [5.41, 5.74) is 2.62. The third-order valence-electron chi connectivity index (χ3n) is 4.47. The Hall–Kier alpha value is -3.46. The molecule has 0 saturated carbocycles. The summed E-state index contributed by atoms with van der Waals surface area (Å²) in [7, 11) is 3.73. The number of likely N-dealkylation sites (N-methyl/N-ethyl adjacent to an activating group) is 1. The molecule has 0 bridgehead atoms. The lowest BCUT2D eigenvalue weighted by Gasteiger charge is -2.24. The van der Waals surface area contributed by atoms with Crippen molar-refractivity contribution in [1.82, 2.24) is 30.8 Å². The quantitative estimate of drug-likeness (QED) is 0.668. The van der Waals surface area contributed by atoms with Gasteiger partial charge in [0.1, 0.15) is 6.04 Å². The van der Waals surface area contributed by atoms with Gasteiger partial charge in [0.2, 0.25) is 18.5 Å². The topological polar surface area (TPSA) is 105 Å². The Balaban J connectivity index is 1.48. The van der Waals surface area contributed by atoms with Crippen LogP contribution in [0.3, 0.4) is 0 Å². The molecule has 3 aromatic rings. The number of hydrogen-bond acceptors (Lipinski definition) is 7. The molecule has 1 atom stereocenters. The number of carbonyl (C=O) groups is 1. The first-order valence-electron chi connectivity index (χ1n) is 8.78. The first-order chi connectivity index (χ1) is 13.6.